The van der Waals surface area contributed by atoms with Crippen molar-refractivity contribution in [2.45, 2.75) is 25.2 Å². The van der Waals surface area contributed by atoms with Gasteiger partial charge in [-0.1, -0.05) is 30.3 Å². The Bertz CT molecular complexity index is 1410. The van der Waals surface area contributed by atoms with Gasteiger partial charge in [0, 0.05) is 49.2 Å². The molecule has 0 unspecified atom stereocenters. The van der Waals surface area contributed by atoms with E-state index in [1.165, 1.54) is 0 Å². The van der Waals surface area contributed by atoms with E-state index in [0.29, 0.717) is 24.6 Å². The Hall–Kier alpha value is -4.43. The molecule has 0 spiro atoms. The molecular formula is C34H39N3O5. The fourth-order valence-corrected chi connectivity index (χ4v) is 5.56. The van der Waals surface area contributed by atoms with Crippen LogP contribution >= 0.6 is 0 Å². The molecule has 0 aliphatic carbocycles. The van der Waals surface area contributed by atoms with Gasteiger partial charge < -0.3 is 34.4 Å². The molecule has 2 aliphatic rings. The van der Waals surface area contributed by atoms with Crippen molar-refractivity contribution in [1.82, 2.24) is 15.1 Å². The quantitative estimate of drug-likeness (QED) is 0.322. The first-order chi connectivity index (χ1) is 20.5. The minimum absolute atomic E-state index is 0.0312. The van der Waals surface area contributed by atoms with Crippen molar-refractivity contribution in [3.05, 3.63) is 108 Å². The smallest absolute Gasteiger partial charge is 0.251 e. The summed E-state index contributed by atoms with van der Waals surface area (Å²) in [4.78, 5) is 17.8. The van der Waals surface area contributed by atoms with Crippen molar-refractivity contribution in [2.24, 2.45) is 0 Å². The van der Waals surface area contributed by atoms with E-state index < -0.39 is 0 Å². The molecule has 2 heterocycles. The second-order valence-corrected chi connectivity index (χ2v) is 10.6. The number of rotatable bonds is 11. The lowest BCUT2D eigenvalue weighted by atomic mass is 9.86. The van der Waals surface area contributed by atoms with Gasteiger partial charge in [-0.05, 0) is 79.7 Å². The second kappa shape index (κ2) is 14.0. The van der Waals surface area contributed by atoms with Crippen molar-refractivity contribution in [3.8, 4) is 17.2 Å². The molecule has 8 nitrogen and oxygen atoms in total. The third-order valence-corrected chi connectivity index (χ3v) is 7.88. The minimum atomic E-state index is -0.0312. The number of ether oxygens (including phenoxy) is 3. The fourth-order valence-electron chi connectivity index (χ4n) is 5.56. The maximum Gasteiger partial charge on any atom is 0.251 e. The number of benzene rings is 3. The summed E-state index contributed by atoms with van der Waals surface area (Å²) >= 11 is 0. The van der Waals surface area contributed by atoms with Crippen LogP contribution in [-0.2, 0) is 11.2 Å². The molecular weight excluding hydrogens is 530 g/mol. The lowest BCUT2D eigenvalue weighted by Crippen LogP contribution is -2.38. The summed E-state index contributed by atoms with van der Waals surface area (Å²) < 4.78 is 16.4. The number of hydrogen-bond acceptors (Lipinski definition) is 7. The molecule has 1 fully saturated rings. The molecule has 0 aromatic heterocycles. The SMILES string of the molecule is COc1cc(CCNC(=O)c2ccccc2C2CCN(CCN3C=COC(c4cccc(O)c4)=C3)CC2)cc(OC)c1. The van der Waals surface area contributed by atoms with Crippen LogP contribution in [0.2, 0.25) is 0 Å². The van der Waals surface area contributed by atoms with Crippen molar-refractivity contribution < 1.29 is 24.1 Å². The Balaban J connectivity index is 1.12. The van der Waals surface area contributed by atoms with Gasteiger partial charge in [0.25, 0.3) is 5.91 Å². The van der Waals surface area contributed by atoms with Crippen molar-refractivity contribution in [1.29, 1.82) is 0 Å². The number of methoxy groups -OCH3 is 2. The molecule has 5 rings (SSSR count). The van der Waals surface area contributed by atoms with Gasteiger partial charge >= 0.3 is 0 Å². The molecule has 42 heavy (non-hydrogen) atoms. The molecule has 8 heteroatoms. The molecule has 0 bridgehead atoms. The molecule has 0 radical (unpaired) electrons. The first-order valence-corrected chi connectivity index (χ1v) is 14.4. The van der Waals surface area contributed by atoms with Gasteiger partial charge in [0.2, 0.25) is 0 Å². The number of amides is 1. The van der Waals surface area contributed by atoms with E-state index in [2.05, 4.69) is 21.2 Å². The summed E-state index contributed by atoms with van der Waals surface area (Å²) in [6.45, 7) is 4.26. The number of hydrogen-bond donors (Lipinski definition) is 2. The highest BCUT2D eigenvalue weighted by Crippen LogP contribution is 2.31. The zero-order valence-corrected chi connectivity index (χ0v) is 24.3. The van der Waals surface area contributed by atoms with Crippen LogP contribution in [-0.4, -0.2) is 67.8 Å². The average Bonchev–Trinajstić information content (AvgIpc) is 3.04. The van der Waals surface area contributed by atoms with Gasteiger partial charge in [-0.15, -0.1) is 0 Å². The van der Waals surface area contributed by atoms with Crippen LogP contribution in [0, 0.1) is 0 Å². The topological polar surface area (TPSA) is 83.5 Å². The van der Waals surface area contributed by atoms with Gasteiger partial charge in [-0.2, -0.15) is 0 Å². The van der Waals surface area contributed by atoms with Gasteiger partial charge in [0.1, 0.15) is 29.3 Å². The lowest BCUT2D eigenvalue weighted by Gasteiger charge is -2.34. The number of carbonyl (C=O) groups excluding carboxylic acids is 1. The number of carbonyl (C=O) groups is 1. The standard InChI is InChI=1S/C34H39N3O5/c1-40-29-20-25(21-30(23-29)41-2)10-13-35-34(39)32-9-4-3-8-31(32)26-11-14-36(15-12-26)16-17-37-18-19-42-33(24-37)27-6-5-7-28(38)22-27/h3-9,18-24,26,38H,10-17H2,1-2H3,(H,35,39). The number of phenolic OH excluding ortho intramolecular Hbond substituents is 1. The van der Waals surface area contributed by atoms with Crippen molar-refractivity contribution >= 4 is 11.7 Å². The Morgan fingerprint density at radius 1 is 0.976 bits per heavy atom. The van der Waals surface area contributed by atoms with Crippen LogP contribution in [0.4, 0.5) is 0 Å². The second-order valence-electron chi connectivity index (χ2n) is 10.6. The van der Waals surface area contributed by atoms with E-state index in [-0.39, 0.29) is 11.7 Å². The largest absolute Gasteiger partial charge is 0.508 e. The molecule has 3 aromatic rings. The molecule has 2 aliphatic heterocycles. The Morgan fingerprint density at radius 2 is 1.74 bits per heavy atom. The van der Waals surface area contributed by atoms with Crippen LogP contribution in [0.3, 0.4) is 0 Å². The Kier molecular flexibility index (Phi) is 9.66. The first kappa shape index (κ1) is 29.1. The maximum atomic E-state index is 13.2. The number of nitrogens with zero attached hydrogens (tertiary/aromatic N) is 2. The van der Waals surface area contributed by atoms with Crippen LogP contribution in [0.1, 0.15) is 45.8 Å². The normalized spacial score (nSPS) is 15.6. The van der Waals surface area contributed by atoms with E-state index in [1.54, 1.807) is 32.6 Å². The highest BCUT2D eigenvalue weighted by atomic mass is 16.5. The zero-order valence-electron chi connectivity index (χ0n) is 24.3. The van der Waals surface area contributed by atoms with Crippen molar-refractivity contribution in [2.75, 3.05) is 46.9 Å². The van der Waals surface area contributed by atoms with E-state index in [0.717, 1.165) is 72.8 Å². The van der Waals surface area contributed by atoms with Gasteiger partial charge in [-0.3, -0.25) is 4.79 Å². The summed E-state index contributed by atoms with van der Waals surface area (Å²) in [6.07, 6.45) is 8.29. The minimum Gasteiger partial charge on any atom is -0.508 e. The summed E-state index contributed by atoms with van der Waals surface area (Å²) in [5.74, 6) is 2.73. The number of piperidine rings is 1. The van der Waals surface area contributed by atoms with Crippen LogP contribution in [0.15, 0.2) is 85.4 Å². The predicted molar refractivity (Wildman–Crippen MR) is 163 cm³/mol. The Labute approximate surface area is 247 Å². The highest BCUT2D eigenvalue weighted by Gasteiger charge is 2.24. The summed E-state index contributed by atoms with van der Waals surface area (Å²) in [7, 11) is 3.27. The maximum absolute atomic E-state index is 13.2. The first-order valence-electron chi connectivity index (χ1n) is 14.4. The third-order valence-electron chi connectivity index (χ3n) is 7.88. The monoisotopic (exact) mass is 569 g/mol. The number of likely N-dealkylation sites (tertiary alicyclic amines) is 1. The third kappa shape index (κ3) is 7.44. The molecule has 0 saturated carbocycles. The van der Waals surface area contributed by atoms with E-state index in [1.807, 2.05) is 60.9 Å². The van der Waals surface area contributed by atoms with E-state index in [9.17, 15) is 9.90 Å². The van der Waals surface area contributed by atoms with Gasteiger partial charge in [-0.25, -0.2) is 0 Å². The molecule has 3 aromatic carbocycles. The zero-order chi connectivity index (χ0) is 29.3. The van der Waals surface area contributed by atoms with E-state index in [4.69, 9.17) is 14.2 Å². The van der Waals surface area contributed by atoms with Crippen molar-refractivity contribution in [3.63, 3.8) is 0 Å². The summed E-state index contributed by atoms with van der Waals surface area (Å²) in [6, 6.07) is 20.9. The molecule has 1 amide bonds. The predicted octanol–water partition coefficient (Wildman–Crippen LogP) is 5.36. The summed E-state index contributed by atoms with van der Waals surface area (Å²) in [5.41, 5.74) is 3.79. The highest BCUT2D eigenvalue weighted by molar-refractivity contribution is 5.95. The van der Waals surface area contributed by atoms with Gasteiger partial charge in [0.15, 0.2) is 0 Å². The van der Waals surface area contributed by atoms with E-state index >= 15 is 0 Å². The molecule has 220 valence electrons. The number of aromatic hydroxyl groups is 1. The molecule has 1 saturated heterocycles. The molecule has 2 N–H and O–H groups in total. The van der Waals surface area contributed by atoms with Crippen LogP contribution in [0.25, 0.3) is 5.76 Å². The van der Waals surface area contributed by atoms with Gasteiger partial charge in [0.05, 0.1) is 14.2 Å². The summed E-state index contributed by atoms with van der Waals surface area (Å²) in [5, 5.41) is 12.9. The lowest BCUT2D eigenvalue weighted by molar-refractivity contribution is 0.0951. The van der Waals surface area contributed by atoms with Crippen LogP contribution in [0.5, 0.6) is 17.2 Å². The van der Waals surface area contributed by atoms with Crippen LogP contribution < -0.4 is 14.8 Å². The molecule has 0 atom stereocenters. The number of phenols is 1. The number of nitrogens with one attached hydrogen (secondary N) is 1. The fraction of sp³-hybridized carbons (Fsp3) is 0.324. The Morgan fingerprint density at radius 3 is 2.48 bits per heavy atom. The average molecular weight is 570 g/mol.